The summed E-state index contributed by atoms with van der Waals surface area (Å²) in [5.41, 5.74) is 1.55. The van der Waals surface area contributed by atoms with Gasteiger partial charge >= 0.3 is 5.97 Å². The Bertz CT molecular complexity index is 623. The number of aliphatic carboxylic acids is 1. The third-order valence-electron chi connectivity index (χ3n) is 5.38. The molecule has 23 heavy (non-hydrogen) atoms. The summed E-state index contributed by atoms with van der Waals surface area (Å²) in [6.45, 7) is 5.33. The topological polar surface area (TPSA) is 57.6 Å². The molecule has 1 aliphatic heterocycles. The molecule has 1 N–H and O–H groups in total. The van der Waals surface area contributed by atoms with Crippen LogP contribution in [0.25, 0.3) is 0 Å². The van der Waals surface area contributed by atoms with E-state index >= 15 is 0 Å². The molecule has 1 fully saturated rings. The van der Waals surface area contributed by atoms with E-state index in [1.54, 1.807) is 6.92 Å². The SMILES string of the molecule is CC1C=CC2=C(C=C(C(=O)N3CCCCC3)C(C)(C(=O)O)C2)C1. The van der Waals surface area contributed by atoms with Crippen LogP contribution in [0.1, 0.15) is 46.0 Å². The molecule has 1 heterocycles. The van der Waals surface area contributed by atoms with E-state index in [0.717, 1.165) is 49.9 Å². The van der Waals surface area contributed by atoms with Crippen LogP contribution in [-0.2, 0) is 9.59 Å². The molecule has 1 saturated heterocycles. The molecular weight excluding hydrogens is 290 g/mol. The molecule has 4 nitrogen and oxygen atoms in total. The van der Waals surface area contributed by atoms with Crippen molar-refractivity contribution < 1.29 is 14.7 Å². The third kappa shape index (κ3) is 2.87. The van der Waals surface area contributed by atoms with Crippen LogP contribution in [-0.4, -0.2) is 35.0 Å². The van der Waals surface area contributed by atoms with Crippen LogP contribution in [0.2, 0.25) is 0 Å². The number of hydrogen-bond donors (Lipinski definition) is 1. The van der Waals surface area contributed by atoms with Gasteiger partial charge in [0.15, 0.2) is 0 Å². The van der Waals surface area contributed by atoms with Gasteiger partial charge in [0.05, 0.1) is 5.41 Å². The first-order valence-electron chi connectivity index (χ1n) is 8.57. The van der Waals surface area contributed by atoms with Crippen molar-refractivity contribution in [2.75, 3.05) is 13.1 Å². The number of nitrogens with zero attached hydrogens (tertiary/aromatic N) is 1. The zero-order valence-corrected chi connectivity index (χ0v) is 14.0. The fourth-order valence-corrected chi connectivity index (χ4v) is 3.82. The standard InChI is InChI=1S/C19H25NO3/c1-13-6-7-14-12-19(2,18(22)23)16(11-15(14)10-13)17(21)20-8-4-3-5-9-20/h6-7,11,13H,3-5,8-10,12H2,1-2H3,(H,22,23). The predicted octanol–water partition coefficient (Wildman–Crippen LogP) is 3.31. The quantitative estimate of drug-likeness (QED) is 0.850. The van der Waals surface area contributed by atoms with Gasteiger partial charge in [0, 0.05) is 18.7 Å². The van der Waals surface area contributed by atoms with E-state index in [1.165, 1.54) is 0 Å². The number of allylic oxidation sites excluding steroid dienone is 5. The fourth-order valence-electron chi connectivity index (χ4n) is 3.82. The second kappa shape index (κ2) is 5.99. The highest BCUT2D eigenvalue weighted by Gasteiger charge is 2.45. The number of rotatable bonds is 2. The number of amides is 1. The number of carbonyl (C=O) groups is 2. The Labute approximate surface area is 137 Å². The van der Waals surface area contributed by atoms with Crippen molar-refractivity contribution in [3.63, 3.8) is 0 Å². The average molecular weight is 315 g/mol. The summed E-state index contributed by atoms with van der Waals surface area (Å²) in [5, 5.41) is 9.80. The van der Waals surface area contributed by atoms with E-state index in [2.05, 4.69) is 13.0 Å². The van der Waals surface area contributed by atoms with E-state index in [0.29, 0.717) is 17.9 Å². The first-order valence-corrected chi connectivity index (χ1v) is 8.57. The number of carbonyl (C=O) groups excluding carboxylic acids is 1. The second-order valence-corrected chi connectivity index (χ2v) is 7.32. The molecule has 3 aliphatic rings. The number of carboxylic acids is 1. The average Bonchev–Trinajstić information content (AvgIpc) is 2.54. The van der Waals surface area contributed by atoms with Crippen molar-refractivity contribution in [3.05, 3.63) is 34.9 Å². The summed E-state index contributed by atoms with van der Waals surface area (Å²) in [4.78, 5) is 26.8. The van der Waals surface area contributed by atoms with E-state index < -0.39 is 11.4 Å². The molecule has 0 saturated carbocycles. The molecule has 2 atom stereocenters. The lowest BCUT2D eigenvalue weighted by Crippen LogP contribution is -2.44. The summed E-state index contributed by atoms with van der Waals surface area (Å²) in [5.74, 6) is -0.554. The normalized spacial score (nSPS) is 30.8. The Morgan fingerprint density at radius 2 is 1.91 bits per heavy atom. The van der Waals surface area contributed by atoms with E-state index in [1.807, 2.05) is 17.1 Å². The number of likely N-dealkylation sites (tertiary alicyclic amines) is 1. The zero-order valence-electron chi connectivity index (χ0n) is 14.0. The lowest BCUT2D eigenvalue weighted by Gasteiger charge is -2.37. The molecule has 0 aromatic heterocycles. The van der Waals surface area contributed by atoms with Crippen LogP contribution in [0.3, 0.4) is 0 Å². The Hall–Kier alpha value is -1.84. The van der Waals surface area contributed by atoms with Crippen molar-refractivity contribution >= 4 is 11.9 Å². The van der Waals surface area contributed by atoms with E-state index in [-0.39, 0.29) is 5.91 Å². The molecule has 0 bridgehead atoms. The molecule has 0 aromatic carbocycles. The van der Waals surface area contributed by atoms with Crippen molar-refractivity contribution in [2.45, 2.75) is 46.0 Å². The largest absolute Gasteiger partial charge is 0.481 e. The van der Waals surface area contributed by atoms with Crippen molar-refractivity contribution in [1.29, 1.82) is 0 Å². The van der Waals surface area contributed by atoms with E-state index in [9.17, 15) is 14.7 Å². The van der Waals surface area contributed by atoms with Crippen molar-refractivity contribution in [2.24, 2.45) is 11.3 Å². The van der Waals surface area contributed by atoms with Crippen LogP contribution in [0.15, 0.2) is 34.9 Å². The lowest BCUT2D eigenvalue weighted by atomic mass is 9.69. The highest BCUT2D eigenvalue weighted by molar-refractivity contribution is 6.02. The van der Waals surface area contributed by atoms with Gasteiger partial charge in [0.1, 0.15) is 0 Å². The summed E-state index contributed by atoms with van der Waals surface area (Å²) in [7, 11) is 0. The number of hydrogen-bond acceptors (Lipinski definition) is 2. The predicted molar refractivity (Wildman–Crippen MR) is 88.8 cm³/mol. The minimum atomic E-state index is -1.13. The third-order valence-corrected chi connectivity index (χ3v) is 5.38. The van der Waals surface area contributed by atoms with E-state index in [4.69, 9.17) is 0 Å². The maximum absolute atomic E-state index is 13.0. The molecule has 3 rings (SSSR count). The number of piperidine rings is 1. The molecule has 4 heteroatoms. The van der Waals surface area contributed by atoms with Crippen molar-refractivity contribution in [3.8, 4) is 0 Å². The fraction of sp³-hybridized carbons (Fsp3) is 0.579. The first-order chi connectivity index (χ1) is 10.9. The molecular formula is C19H25NO3. The van der Waals surface area contributed by atoms with Gasteiger partial charge in [-0.3, -0.25) is 9.59 Å². The van der Waals surface area contributed by atoms with Crippen LogP contribution < -0.4 is 0 Å². The Balaban J connectivity index is 1.98. The molecule has 0 radical (unpaired) electrons. The monoisotopic (exact) mass is 315 g/mol. The molecule has 1 amide bonds. The minimum Gasteiger partial charge on any atom is -0.481 e. The molecule has 0 aromatic rings. The van der Waals surface area contributed by atoms with Gasteiger partial charge in [-0.15, -0.1) is 0 Å². The number of carboxylic acid groups (broad SMARTS) is 1. The lowest BCUT2D eigenvalue weighted by molar-refractivity contribution is -0.148. The summed E-state index contributed by atoms with van der Waals surface area (Å²) in [6.07, 6.45) is 10.5. The van der Waals surface area contributed by atoms with Gasteiger partial charge < -0.3 is 10.0 Å². The molecule has 2 unspecified atom stereocenters. The maximum atomic E-state index is 13.0. The summed E-state index contributed by atoms with van der Waals surface area (Å²) < 4.78 is 0. The second-order valence-electron chi connectivity index (χ2n) is 7.32. The summed E-state index contributed by atoms with van der Waals surface area (Å²) in [6, 6.07) is 0. The van der Waals surface area contributed by atoms with Gasteiger partial charge in [0.25, 0.3) is 5.91 Å². The first kappa shape index (κ1) is 16.0. The maximum Gasteiger partial charge on any atom is 0.314 e. The van der Waals surface area contributed by atoms with Crippen molar-refractivity contribution in [1.82, 2.24) is 4.90 Å². The highest BCUT2D eigenvalue weighted by Crippen LogP contribution is 2.44. The highest BCUT2D eigenvalue weighted by atomic mass is 16.4. The van der Waals surface area contributed by atoms with Gasteiger partial charge in [0.2, 0.25) is 0 Å². The van der Waals surface area contributed by atoms with Crippen LogP contribution in [0.5, 0.6) is 0 Å². The van der Waals surface area contributed by atoms with Gasteiger partial charge in [-0.2, -0.15) is 0 Å². The van der Waals surface area contributed by atoms with Gasteiger partial charge in [-0.25, -0.2) is 0 Å². The van der Waals surface area contributed by atoms with Gasteiger partial charge in [-0.1, -0.05) is 19.1 Å². The smallest absolute Gasteiger partial charge is 0.314 e. The Kier molecular flexibility index (Phi) is 4.17. The molecule has 124 valence electrons. The molecule has 0 spiro atoms. The van der Waals surface area contributed by atoms with Crippen LogP contribution >= 0.6 is 0 Å². The van der Waals surface area contributed by atoms with Gasteiger partial charge in [-0.05, 0) is 62.2 Å². The minimum absolute atomic E-state index is 0.0802. The summed E-state index contributed by atoms with van der Waals surface area (Å²) >= 11 is 0. The van der Waals surface area contributed by atoms with Crippen LogP contribution in [0, 0.1) is 11.3 Å². The molecule has 2 aliphatic carbocycles. The Morgan fingerprint density at radius 3 is 2.57 bits per heavy atom. The zero-order chi connectivity index (χ0) is 16.6. The van der Waals surface area contributed by atoms with Crippen LogP contribution in [0.4, 0.5) is 0 Å². The Morgan fingerprint density at radius 1 is 1.22 bits per heavy atom.